The fraction of sp³-hybridized carbons (Fsp3) is 0.500. The number of nitrogens with zero attached hydrogens (tertiary/aromatic N) is 3. The zero-order valence-corrected chi connectivity index (χ0v) is 11.6. The van der Waals surface area contributed by atoms with Crippen LogP contribution < -0.4 is 4.90 Å². The van der Waals surface area contributed by atoms with Crippen LogP contribution >= 0.6 is 0 Å². The Hall–Kier alpha value is -2.00. The Labute approximate surface area is 115 Å². The van der Waals surface area contributed by atoms with Crippen LogP contribution in [0.2, 0.25) is 0 Å². The molecule has 0 radical (unpaired) electrons. The molecule has 0 amide bonds. The maximum absolute atomic E-state index is 9.26. The first-order chi connectivity index (χ1) is 9.11. The van der Waals surface area contributed by atoms with E-state index < -0.39 is 0 Å². The maximum Gasteiger partial charge on any atom is 0.101 e. The highest BCUT2D eigenvalue weighted by atomic mass is 15.2. The first-order valence-electron chi connectivity index (χ1n) is 6.75. The second kappa shape index (κ2) is 5.33. The lowest BCUT2D eigenvalue weighted by atomic mass is 9.77. The molecular weight excluding hydrogens is 234 g/mol. The molecule has 2 rings (SSSR count). The first kappa shape index (κ1) is 13.4. The molecule has 1 aromatic rings. The van der Waals surface area contributed by atoms with Gasteiger partial charge in [-0.15, -0.1) is 0 Å². The summed E-state index contributed by atoms with van der Waals surface area (Å²) in [6.45, 7) is 5.32. The minimum atomic E-state index is -0.0824. The van der Waals surface area contributed by atoms with E-state index in [1.54, 1.807) is 0 Å². The van der Waals surface area contributed by atoms with Crippen molar-refractivity contribution in [2.75, 3.05) is 11.4 Å². The number of hydrogen-bond acceptors (Lipinski definition) is 3. The molecule has 1 atom stereocenters. The van der Waals surface area contributed by atoms with Crippen LogP contribution in [0.1, 0.15) is 38.7 Å². The SMILES string of the molecule is CC1(C)C(CC#N)CCCN1c1ccccc1C#N. The van der Waals surface area contributed by atoms with Crippen LogP contribution in [0.5, 0.6) is 0 Å². The van der Waals surface area contributed by atoms with Crippen molar-refractivity contribution < 1.29 is 0 Å². The van der Waals surface area contributed by atoms with Gasteiger partial charge in [-0.2, -0.15) is 10.5 Å². The van der Waals surface area contributed by atoms with Crippen molar-refractivity contribution in [2.45, 2.75) is 38.6 Å². The highest BCUT2D eigenvalue weighted by Gasteiger charge is 2.39. The summed E-state index contributed by atoms with van der Waals surface area (Å²) in [6.07, 6.45) is 2.75. The quantitative estimate of drug-likeness (QED) is 0.811. The van der Waals surface area contributed by atoms with E-state index in [1.165, 1.54) is 0 Å². The normalized spacial score (nSPS) is 21.5. The van der Waals surface area contributed by atoms with Crippen LogP contribution in [0, 0.1) is 28.6 Å². The second-order valence-corrected chi connectivity index (χ2v) is 5.64. The lowest BCUT2D eigenvalue weighted by molar-refractivity contribution is 0.241. The Balaban J connectivity index is 2.39. The van der Waals surface area contributed by atoms with Crippen molar-refractivity contribution in [1.82, 2.24) is 0 Å². The third kappa shape index (κ3) is 2.42. The molecule has 0 saturated carbocycles. The molecule has 0 aliphatic carbocycles. The third-order valence-electron chi connectivity index (χ3n) is 4.28. The molecule has 0 bridgehead atoms. The number of hydrogen-bond donors (Lipinski definition) is 0. The van der Waals surface area contributed by atoms with E-state index in [0.717, 1.165) is 25.1 Å². The first-order valence-corrected chi connectivity index (χ1v) is 6.75. The Morgan fingerprint density at radius 2 is 2.05 bits per heavy atom. The molecule has 98 valence electrons. The van der Waals surface area contributed by atoms with E-state index in [1.807, 2.05) is 24.3 Å². The Bertz CT molecular complexity index is 534. The molecule has 0 N–H and O–H groups in total. The van der Waals surface area contributed by atoms with E-state index in [0.29, 0.717) is 17.9 Å². The van der Waals surface area contributed by atoms with E-state index in [-0.39, 0.29) is 5.54 Å². The highest BCUT2D eigenvalue weighted by Crippen LogP contribution is 2.39. The van der Waals surface area contributed by atoms with Gasteiger partial charge >= 0.3 is 0 Å². The molecule has 0 spiro atoms. The lowest BCUT2D eigenvalue weighted by Gasteiger charge is -2.49. The summed E-state index contributed by atoms with van der Waals surface area (Å²) >= 11 is 0. The summed E-state index contributed by atoms with van der Waals surface area (Å²) in [7, 11) is 0. The molecule has 1 unspecified atom stereocenters. The molecule has 1 aliphatic heterocycles. The molecule has 3 nitrogen and oxygen atoms in total. The van der Waals surface area contributed by atoms with Gasteiger partial charge in [0.1, 0.15) is 6.07 Å². The standard InChI is InChI=1S/C16H19N3/c1-16(2)14(9-10-17)7-5-11-19(16)15-8-4-3-6-13(15)12-18/h3-4,6,8,14H,5,7,9,11H2,1-2H3. The van der Waals surface area contributed by atoms with E-state index in [2.05, 4.69) is 30.9 Å². The summed E-state index contributed by atoms with van der Waals surface area (Å²) in [5.74, 6) is 0.359. The number of rotatable bonds is 2. The predicted molar refractivity (Wildman–Crippen MR) is 75.5 cm³/mol. The lowest BCUT2D eigenvalue weighted by Crippen LogP contribution is -2.53. The van der Waals surface area contributed by atoms with Gasteiger partial charge < -0.3 is 4.90 Å². The van der Waals surface area contributed by atoms with E-state index >= 15 is 0 Å². The van der Waals surface area contributed by atoms with Gasteiger partial charge in [0, 0.05) is 18.5 Å². The topological polar surface area (TPSA) is 50.8 Å². The molecule has 1 fully saturated rings. The number of benzene rings is 1. The number of piperidine rings is 1. The Kier molecular flexibility index (Phi) is 3.76. The van der Waals surface area contributed by atoms with Crippen LogP contribution in [0.25, 0.3) is 0 Å². The summed E-state index contributed by atoms with van der Waals surface area (Å²) < 4.78 is 0. The average Bonchev–Trinajstić information content (AvgIpc) is 2.41. The van der Waals surface area contributed by atoms with Crippen molar-refractivity contribution in [3.63, 3.8) is 0 Å². The number of nitriles is 2. The van der Waals surface area contributed by atoms with Gasteiger partial charge in [0.15, 0.2) is 0 Å². The van der Waals surface area contributed by atoms with Crippen molar-refractivity contribution >= 4 is 5.69 Å². The Morgan fingerprint density at radius 1 is 1.32 bits per heavy atom. The highest BCUT2D eigenvalue weighted by molar-refractivity contribution is 5.61. The second-order valence-electron chi connectivity index (χ2n) is 5.64. The molecule has 1 aromatic carbocycles. The van der Waals surface area contributed by atoms with Crippen molar-refractivity contribution in [3.05, 3.63) is 29.8 Å². The number of anilines is 1. The van der Waals surface area contributed by atoms with Crippen LogP contribution in [0.4, 0.5) is 5.69 Å². The smallest absolute Gasteiger partial charge is 0.101 e. The molecule has 1 saturated heterocycles. The molecule has 19 heavy (non-hydrogen) atoms. The van der Waals surface area contributed by atoms with Crippen LogP contribution in [-0.4, -0.2) is 12.1 Å². The third-order valence-corrected chi connectivity index (χ3v) is 4.28. The summed E-state index contributed by atoms with van der Waals surface area (Å²) in [6, 6.07) is 12.3. The van der Waals surface area contributed by atoms with Crippen molar-refractivity contribution in [1.29, 1.82) is 10.5 Å². The minimum absolute atomic E-state index is 0.0824. The zero-order valence-electron chi connectivity index (χ0n) is 11.6. The van der Waals surface area contributed by atoms with Gasteiger partial charge in [0.2, 0.25) is 0 Å². The van der Waals surface area contributed by atoms with Gasteiger partial charge in [-0.1, -0.05) is 12.1 Å². The van der Waals surface area contributed by atoms with Crippen molar-refractivity contribution in [3.8, 4) is 12.1 Å². The molecule has 1 heterocycles. The minimum Gasteiger partial charge on any atom is -0.365 e. The fourth-order valence-corrected chi connectivity index (χ4v) is 3.05. The molecular formula is C16H19N3. The maximum atomic E-state index is 9.26. The fourth-order valence-electron chi connectivity index (χ4n) is 3.05. The Morgan fingerprint density at radius 3 is 2.74 bits per heavy atom. The van der Waals surface area contributed by atoms with Gasteiger partial charge in [0.25, 0.3) is 0 Å². The van der Waals surface area contributed by atoms with Crippen LogP contribution in [0.15, 0.2) is 24.3 Å². The molecule has 1 aliphatic rings. The average molecular weight is 253 g/mol. The summed E-state index contributed by atoms with van der Waals surface area (Å²) in [5.41, 5.74) is 1.63. The van der Waals surface area contributed by atoms with E-state index in [4.69, 9.17) is 5.26 Å². The monoisotopic (exact) mass is 253 g/mol. The number of para-hydroxylation sites is 1. The summed E-state index contributed by atoms with van der Waals surface area (Å²) in [4.78, 5) is 2.30. The largest absolute Gasteiger partial charge is 0.365 e. The van der Waals surface area contributed by atoms with Gasteiger partial charge in [-0.25, -0.2) is 0 Å². The van der Waals surface area contributed by atoms with Gasteiger partial charge in [-0.3, -0.25) is 0 Å². The van der Waals surface area contributed by atoms with Gasteiger partial charge in [-0.05, 0) is 44.7 Å². The van der Waals surface area contributed by atoms with Gasteiger partial charge in [0.05, 0.1) is 17.3 Å². The molecule has 3 heteroatoms. The van der Waals surface area contributed by atoms with E-state index in [9.17, 15) is 5.26 Å². The summed E-state index contributed by atoms with van der Waals surface area (Å²) in [5, 5.41) is 18.2. The van der Waals surface area contributed by atoms with Crippen molar-refractivity contribution in [2.24, 2.45) is 5.92 Å². The zero-order chi connectivity index (χ0) is 13.9. The van der Waals surface area contributed by atoms with Crippen LogP contribution in [0.3, 0.4) is 0 Å². The van der Waals surface area contributed by atoms with Crippen LogP contribution in [-0.2, 0) is 0 Å². The molecule has 0 aromatic heterocycles. The predicted octanol–water partition coefficient (Wildman–Crippen LogP) is 3.47.